The third kappa shape index (κ3) is 1.98. The average Bonchev–Trinajstić information content (AvgIpc) is 2.74. The summed E-state index contributed by atoms with van der Waals surface area (Å²) in [5.74, 6) is 2.12. The summed E-state index contributed by atoms with van der Waals surface area (Å²) in [5.41, 5.74) is 6.72. The van der Waals surface area contributed by atoms with Gasteiger partial charge in [-0.25, -0.2) is 0 Å². The van der Waals surface area contributed by atoms with E-state index in [4.69, 9.17) is 19.9 Å². The van der Waals surface area contributed by atoms with Crippen LogP contribution >= 0.6 is 22.6 Å². The van der Waals surface area contributed by atoms with E-state index in [1.165, 1.54) is 0 Å². The average molecular weight is 321 g/mol. The summed E-state index contributed by atoms with van der Waals surface area (Å²) in [6, 6.07) is 3.90. The minimum absolute atomic E-state index is 0.254. The molecule has 0 fully saturated rings. The molecule has 0 bridgehead atoms. The molecule has 0 radical (unpaired) electrons. The zero-order chi connectivity index (χ0) is 10.8. The zero-order valence-corrected chi connectivity index (χ0v) is 10.5. The number of rotatable bonds is 3. The Morgan fingerprint density at radius 3 is 3.00 bits per heavy atom. The summed E-state index contributed by atoms with van der Waals surface area (Å²) in [6.45, 7) is 0.840. The summed E-state index contributed by atoms with van der Waals surface area (Å²) in [4.78, 5) is 0. The van der Waals surface area contributed by atoms with Crippen molar-refractivity contribution < 1.29 is 14.2 Å². The van der Waals surface area contributed by atoms with Crippen molar-refractivity contribution in [2.24, 2.45) is 5.73 Å². The molecular formula is C10H12INO3. The van der Waals surface area contributed by atoms with E-state index in [9.17, 15) is 0 Å². The Morgan fingerprint density at radius 1 is 1.53 bits per heavy atom. The molecule has 1 aliphatic rings. The topological polar surface area (TPSA) is 53.7 Å². The molecule has 1 aromatic rings. The van der Waals surface area contributed by atoms with Gasteiger partial charge < -0.3 is 19.9 Å². The van der Waals surface area contributed by atoms with Crippen molar-refractivity contribution in [2.75, 3.05) is 20.4 Å². The fourth-order valence-electron chi connectivity index (χ4n) is 1.47. The number of hydrogen-bond acceptors (Lipinski definition) is 4. The summed E-state index contributed by atoms with van der Waals surface area (Å²) in [7, 11) is 1.62. The van der Waals surface area contributed by atoms with Crippen LogP contribution < -0.4 is 19.9 Å². The Morgan fingerprint density at radius 2 is 2.33 bits per heavy atom. The number of ether oxygens (including phenoxy) is 3. The number of hydrogen-bond donors (Lipinski definition) is 1. The quantitative estimate of drug-likeness (QED) is 0.682. The van der Waals surface area contributed by atoms with Crippen molar-refractivity contribution in [1.82, 2.24) is 0 Å². The van der Waals surface area contributed by atoms with E-state index in [0.29, 0.717) is 18.0 Å². The highest BCUT2D eigenvalue weighted by Crippen LogP contribution is 2.43. The number of methoxy groups -OCH3 is 1. The molecule has 4 nitrogen and oxygen atoms in total. The van der Waals surface area contributed by atoms with Gasteiger partial charge in [0, 0.05) is 10.5 Å². The van der Waals surface area contributed by atoms with E-state index in [1.807, 2.05) is 12.1 Å². The molecule has 2 N–H and O–H groups in total. The molecule has 82 valence electrons. The van der Waals surface area contributed by atoms with Gasteiger partial charge in [0.25, 0.3) is 0 Å². The highest BCUT2D eigenvalue weighted by molar-refractivity contribution is 14.1. The van der Waals surface area contributed by atoms with Gasteiger partial charge in [0.05, 0.1) is 7.11 Å². The molecule has 1 heterocycles. The van der Waals surface area contributed by atoms with Crippen LogP contribution in [0.4, 0.5) is 0 Å². The molecule has 1 unspecified atom stereocenters. The number of benzene rings is 1. The Kier molecular flexibility index (Phi) is 3.20. The fourth-order valence-corrected chi connectivity index (χ4v) is 1.83. The first-order chi connectivity index (χ1) is 7.26. The molecule has 0 amide bonds. The van der Waals surface area contributed by atoms with Crippen molar-refractivity contribution in [2.45, 2.75) is 3.92 Å². The summed E-state index contributed by atoms with van der Waals surface area (Å²) >= 11 is 2.29. The van der Waals surface area contributed by atoms with E-state index in [2.05, 4.69) is 22.6 Å². The minimum atomic E-state index is 0.254. The molecule has 0 aliphatic carbocycles. The van der Waals surface area contributed by atoms with Gasteiger partial charge in [0.1, 0.15) is 0 Å². The lowest BCUT2D eigenvalue weighted by molar-refractivity contribution is 0.171. The van der Waals surface area contributed by atoms with Gasteiger partial charge in [0.15, 0.2) is 11.5 Å². The lowest BCUT2D eigenvalue weighted by atomic mass is 10.1. The molecule has 0 aromatic heterocycles. The highest BCUT2D eigenvalue weighted by Gasteiger charge is 2.21. The van der Waals surface area contributed by atoms with E-state index in [1.54, 1.807) is 7.11 Å². The lowest BCUT2D eigenvalue weighted by Crippen LogP contribution is -2.06. The van der Waals surface area contributed by atoms with Crippen LogP contribution in [0.2, 0.25) is 0 Å². The third-order valence-corrected chi connectivity index (χ3v) is 3.48. The molecule has 1 aromatic carbocycles. The Hall–Kier alpha value is -0.690. The van der Waals surface area contributed by atoms with Crippen LogP contribution in [0.3, 0.4) is 0 Å². The van der Waals surface area contributed by atoms with Crippen molar-refractivity contribution in [1.29, 1.82) is 0 Å². The minimum Gasteiger partial charge on any atom is -0.493 e. The first kappa shape index (κ1) is 10.8. The monoisotopic (exact) mass is 321 g/mol. The van der Waals surface area contributed by atoms with Crippen LogP contribution in [0.15, 0.2) is 12.1 Å². The Balaban J connectivity index is 2.43. The lowest BCUT2D eigenvalue weighted by Gasteiger charge is -2.11. The molecule has 0 spiro atoms. The fraction of sp³-hybridized carbons (Fsp3) is 0.400. The standard InChI is InChI=1S/C10H12INO3/c1-13-8-2-6(7(11)4-12)3-9-10(8)15-5-14-9/h2-3,7H,4-5,12H2,1H3. The molecule has 0 saturated heterocycles. The van der Waals surface area contributed by atoms with Crippen molar-refractivity contribution in [3.05, 3.63) is 17.7 Å². The first-order valence-corrected chi connectivity index (χ1v) is 5.82. The zero-order valence-electron chi connectivity index (χ0n) is 8.33. The Labute approximate surface area is 102 Å². The second-order valence-corrected chi connectivity index (χ2v) is 4.66. The predicted molar refractivity (Wildman–Crippen MR) is 64.9 cm³/mol. The van der Waals surface area contributed by atoms with E-state index in [-0.39, 0.29) is 10.7 Å². The molecule has 1 atom stereocenters. The highest BCUT2D eigenvalue weighted by atomic mass is 127. The van der Waals surface area contributed by atoms with Crippen molar-refractivity contribution in [3.63, 3.8) is 0 Å². The normalized spacial score (nSPS) is 15.1. The van der Waals surface area contributed by atoms with Gasteiger partial charge in [0.2, 0.25) is 12.5 Å². The van der Waals surface area contributed by atoms with Gasteiger partial charge in [-0.15, -0.1) is 0 Å². The number of alkyl halides is 1. The largest absolute Gasteiger partial charge is 0.493 e. The van der Waals surface area contributed by atoms with Gasteiger partial charge in [-0.3, -0.25) is 0 Å². The molecule has 5 heteroatoms. The molecular weight excluding hydrogens is 309 g/mol. The maximum atomic E-state index is 5.62. The van der Waals surface area contributed by atoms with Crippen LogP contribution in [0.5, 0.6) is 17.2 Å². The summed E-state index contributed by atoms with van der Waals surface area (Å²) in [6.07, 6.45) is 0. The summed E-state index contributed by atoms with van der Waals surface area (Å²) < 4.78 is 16.1. The maximum absolute atomic E-state index is 5.62. The van der Waals surface area contributed by atoms with Gasteiger partial charge in [-0.1, -0.05) is 22.6 Å². The molecule has 15 heavy (non-hydrogen) atoms. The van der Waals surface area contributed by atoms with Gasteiger partial charge >= 0.3 is 0 Å². The maximum Gasteiger partial charge on any atom is 0.231 e. The van der Waals surface area contributed by atoms with Crippen molar-refractivity contribution in [3.8, 4) is 17.2 Å². The van der Waals surface area contributed by atoms with E-state index in [0.717, 1.165) is 11.3 Å². The second-order valence-electron chi connectivity index (χ2n) is 3.16. The number of nitrogens with two attached hydrogens (primary N) is 1. The van der Waals surface area contributed by atoms with E-state index >= 15 is 0 Å². The van der Waals surface area contributed by atoms with Gasteiger partial charge in [-0.05, 0) is 17.7 Å². The second kappa shape index (κ2) is 4.44. The molecule has 0 saturated carbocycles. The predicted octanol–water partition coefficient (Wildman–Crippen LogP) is 1.86. The van der Waals surface area contributed by atoms with Crippen LogP contribution in [0, 0.1) is 0 Å². The number of halogens is 1. The van der Waals surface area contributed by atoms with Crippen molar-refractivity contribution >= 4 is 22.6 Å². The van der Waals surface area contributed by atoms with Crippen LogP contribution in [-0.2, 0) is 0 Å². The van der Waals surface area contributed by atoms with Gasteiger partial charge in [-0.2, -0.15) is 0 Å². The Bertz CT molecular complexity index is 370. The van der Waals surface area contributed by atoms with Crippen LogP contribution in [0.1, 0.15) is 9.49 Å². The SMILES string of the molecule is COc1cc(C(I)CN)cc2c1OCO2. The number of fused-ring (bicyclic) bond motifs is 1. The molecule has 1 aliphatic heterocycles. The van der Waals surface area contributed by atoms with Crippen LogP contribution in [-0.4, -0.2) is 20.4 Å². The first-order valence-electron chi connectivity index (χ1n) is 4.58. The third-order valence-electron chi connectivity index (χ3n) is 2.25. The van der Waals surface area contributed by atoms with Crippen LogP contribution in [0.25, 0.3) is 0 Å². The summed E-state index contributed by atoms with van der Waals surface area (Å²) in [5, 5.41) is 0. The molecule has 2 rings (SSSR count). The van der Waals surface area contributed by atoms with E-state index < -0.39 is 0 Å². The smallest absolute Gasteiger partial charge is 0.231 e.